The molecule has 0 saturated heterocycles. The van der Waals surface area contributed by atoms with Crippen LogP contribution in [0.2, 0.25) is 10.0 Å². The summed E-state index contributed by atoms with van der Waals surface area (Å²) < 4.78 is 5.34. The fourth-order valence-electron chi connectivity index (χ4n) is 2.30. The molecule has 2 rings (SSSR count). The van der Waals surface area contributed by atoms with Crippen LogP contribution >= 0.6 is 23.2 Å². The van der Waals surface area contributed by atoms with Gasteiger partial charge in [0.25, 0.3) is 5.91 Å². The second kappa shape index (κ2) is 9.94. The van der Waals surface area contributed by atoms with Crippen LogP contribution in [0.3, 0.4) is 0 Å². The molecule has 27 heavy (non-hydrogen) atoms. The van der Waals surface area contributed by atoms with Crippen molar-refractivity contribution in [2.45, 2.75) is 19.4 Å². The van der Waals surface area contributed by atoms with Crippen LogP contribution in [-0.2, 0) is 20.7 Å². The van der Waals surface area contributed by atoms with Crippen LogP contribution in [0, 0.1) is 0 Å². The van der Waals surface area contributed by atoms with E-state index in [2.05, 4.69) is 10.6 Å². The number of ether oxygens (including phenoxy) is 1. The van der Waals surface area contributed by atoms with Crippen LogP contribution in [0.1, 0.15) is 24.2 Å². The summed E-state index contributed by atoms with van der Waals surface area (Å²) in [4.78, 5) is 36.5. The fraction of sp³-hybridized carbons (Fsp3) is 0.211. The molecule has 0 radical (unpaired) electrons. The monoisotopic (exact) mass is 408 g/mol. The van der Waals surface area contributed by atoms with Gasteiger partial charge in [0.1, 0.15) is 0 Å². The average molecular weight is 409 g/mol. The third-order valence-electron chi connectivity index (χ3n) is 3.55. The maximum absolute atomic E-state index is 12.4. The van der Waals surface area contributed by atoms with Gasteiger partial charge in [-0.2, -0.15) is 0 Å². The number of hydrogen-bond acceptors (Lipinski definition) is 4. The first-order chi connectivity index (χ1) is 12.9. The largest absolute Gasteiger partial charge is 0.447 e. The van der Waals surface area contributed by atoms with Crippen molar-refractivity contribution in [3.8, 4) is 0 Å². The van der Waals surface area contributed by atoms with E-state index in [9.17, 15) is 14.4 Å². The van der Waals surface area contributed by atoms with Gasteiger partial charge in [0.2, 0.25) is 6.10 Å². The molecule has 0 spiro atoms. The second-order valence-electron chi connectivity index (χ2n) is 5.51. The van der Waals surface area contributed by atoms with Gasteiger partial charge in [-0.1, -0.05) is 59.6 Å². The Kier molecular flexibility index (Phi) is 7.64. The van der Waals surface area contributed by atoms with Gasteiger partial charge in [0, 0.05) is 27.7 Å². The maximum Gasteiger partial charge on any atom is 0.321 e. The number of hydrogen-bond donors (Lipinski definition) is 2. The van der Waals surface area contributed by atoms with Crippen molar-refractivity contribution in [3.63, 3.8) is 0 Å². The maximum atomic E-state index is 12.4. The minimum absolute atomic E-state index is 0.212. The van der Waals surface area contributed by atoms with Gasteiger partial charge in [-0.05, 0) is 19.1 Å². The molecule has 2 N–H and O–H groups in total. The third kappa shape index (κ3) is 5.98. The molecule has 3 amide bonds. The summed E-state index contributed by atoms with van der Waals surface area (Å²) >= 11 is 12.1. The molecule has 0 unspecified atom stereocenters. The summed E-state index contributed by atoms with van der Waals surface area (Å²) in [5, 5.41) is 5.24. The molecule has 6 nitrogen and oxygen atoms in total. The number of carbonyl (C=O) groups excluding carboxylic acids is 3. The first-order valence-corrected chi connectivity index (χ1v) is 8.94. The minimum Gasteiger partial charge on any atom is -0.447 e. The standard InChI is InChI=1S/C19H18Cl2N2O4/c1-2-22-19(26)23-18(25)17(12-7-4-3-5-8-12)27-16(24)11-13-14(20)9-6-10-15(13)21/h3-10,17H,2,11H2,1H3,(H2,22,23,25,26)/t17-/m1/s1. The van der Waals surface area contributed by atoms with Crippen LogP contribution in [0.25, 0.3) is 0 Å². The van der Waals surface area contributed by atoms with Crippen molar-refractivity contribution >= 4 is 41.1 Å². The molecular formula is C19H18Cl2N2O4. The zero-order chi connectivity index (χ0) is 19.8. The quantitative estimate of drug-likeness (QED) is 0.714. The summed E-state index contributed by atoms with van der Waals surface area (Å²) in [6, 6.07) is 12.6. The van der Waals surface area contributed by atoms with E-state index >= 15 is 0 Å². The molecule has 0 bridgehead atoms. The van der Waals surface area contributed by atoms with Crippen molar-refractivity contribution in [1.82, 2.24) is 10.6 Å². The fourth-order valence-corrected chi connectivity index (χ4v) is 2.83. The molecule has 142 valence electrons. The number of benzene rings is 2. The highest BCUT2D eigenvalue weighted by molar-refractivity contribution is 6.36. The summed E-state index contributed by atoms with van der Waals surface area (Å²) in [6.45, 7) is 2.06. The lowest BCUT2D eigenvalue weighted by Gasteiger charge is -2.18. The number of rotatable bonds is 6. The Hall–Kier alpha value is -2.57. The zero-order valence-corrected chi connectivity index (χ0v) is 16.0. The Morgan fingerprint density at radius 1 is 1.00 bits per heavy atom. The Morgan fingerprint density at radius 3 is 2.22 bits per heavy atom. The average Bonchev–Trinajstić information content (AvgIpc) is 2.63. The molecule has 0 aliphatic carbocycles. The van der Waals surface area contributed by atoms with E-state index in [1.54, 1.807) is 55.5 Å². The first-order valence-electron chi connectivity index (χ1n) is 8.18. The molecule has 0 aliphatic rings. The SMILES string of the molecule is CCNC(=O)NC(=O)[C@H](OC(=O)Cc1c(Cl)cccc1Cl)c1ccccc1. The molecule has 2 aromatic rings. The van der Waals surface area contributed by atoms with Gasteiger partial charge in [-0.15, -0.1) is 0 Å². The van der Waals surface area contributed by atoms with E-state index in [-0.39, 0.29) is 6.42 Å². The number of amides is 3. The minimum atomic E-state index is -1.29. The summed E-state index contributed by atoms with van der Waals surface area (Å²) in [5.74, 6) is -1.46. The molecule has 0 saturated carbocycles. The summed E-state index contributed by atoms with van der Waals surface area (Å²) in [5.41, 5.74) is 0.833. The number of esters is 1. The molecule has 1 atom stereocenters. The molecule has 0 fully saturated rings. The number of urea groups is 1. The van der Waals surface area contributed by atoms with E-state index < -0.39 is 24.0 Å². The smallest absolute Gasteiger partial charge is 0.321 e. The lowest BCUT2D eigenvalue weighted by atomic mass is 10.1. The van der Waals surface area contributed by atoms with Crippen molar-refractivity contribution in [3.05, 3.63) is 69.7 Å². The third-order valence-corrected chi connectivity index (χ3v) is 4.25. The molecule has 2 aromatic carbocycles. The van der Waals surface area contributed by atoms with Crippen LogP contribution in [-0.4, -0.2) is 24.5 Å². The Bertz CT molecular complexity index is 807. The number of imide groups is 1. The first kappa shape index (κ1) is 20.7. The summed E-state index contributed by atoms with van der Waals surface area (Å²) in [7, 11) is 0. The second-order valence-corrected chi connectivity index (χ2v) is 6.32. The number of nitrogens with one attached hydrogen (secondary N) is 2. The molecule has 0 aromatic heterocycles. The van der Waals surface area contributed by atoms with E-state index in [0.717, 1.165) is 0 Å². The predicted molar refractivity (Wildman–Crippen MR) is 103 cm³/mol. The highest BCUT2D eigenvalue weighted by Crippen LogP contribution is 2.26. The van der Waals surface area contributed by atoms with Gasteiger partial charge < -0.3 is 10.1 Å². The van der Waals surface area contributed by atoms with Crippen molar-refractivity contribution in [2.24, 2.45) is 0 Å². The van der Waals surface area contributed by atoms with Crippen molar-refractivity contribution in [1.29, 1.82) is 0 Å². The van der Waals surface area contributed by atoms with Gasteiger partial charge in [0.05, 0.1) is 6.42 Å². The highest BCUT2D eigenvalue weighted by atomic mass is 35.5. The lowest BCUT2D eigenvalue weighted by molar-refractivity contribution is -0.155. The van der Waals surface area contributed by atoms with E-state index in [1.165, 1.54) is 0 Å². The Morgan fingerprint density at radius 2 is 1.63 bits per heavy atom. The van der Waals surface area contributed by atoms with Crippen LogP contribution < -0.4 is 10.6 Å². The van der Waals surface area contributed by atoms with Crippen LogP contribution in [0.4, 0.5) is 4.79 Å². The van der Waals surface area contributed by atoms with Gasteiger partial charge in [-0.25, -0.2) is 4.79 Å². The van der Waals surface area contributed by atoms with Gasteiger partial charge >= 0.3 is 12.0 Å². The summed E-state index contributed by atoms with van der Waals surface area (Å²) in [6.07, 6.45) is -1.50. The molecule has 0 heterocycles. The molecule has 0 aliphatic heterocycles. The van der Waals surface area contributed by atoms with Crippen molar-refractivity contribution < 1.29 is 19.1 Å². The predicted octanol–water partition coefficient (Wildman–Crippen LogP) is 3.67. The van der Waals surface area contributed by atoms with Gasteiger partial charge in [-0.3, -0.25) is 14.9 Å². The van der Waals surface area contributed by atoms with Crippen LogP contribution in [0.15, 0.2) is 48.5 Å². The van der Waals surface area contributed by atoms with Crippen LogP contribution in [0.5, 0.6) is 0 Å². The van der Waals surface area contributed by atoms with E-state index in [4.69, 9.17) is 27.9 Å². The molecule has 8 heteroatoms. The zero-order valence-electron chi connectivity index (χ0n) is 14.5. The number of carbonyl (C=O) groups is 3. The van der Waals surface area contributed by atoms with Gasteiger partial charge in [0.15, 0.2) is 0 Å². The Balaban J connectivity index is 2.17. The van der Waals surface area contributed by atoms with E-state index in [1.807, 2.05) is 0 Å². The topological polar surface area (TPSA) is 84.5 Å². The normalized spacial score (nSPS) is 11.4. The number of halogens is 2. The van der Waals surface area contributed by atoms with E-state index in [0.29, 0.717) is 27.7 Å². The van der Waals surface area contributed by atoms with Crippen molar-refractivity contribution in [2.75, 3.05) is 6.54 Å². The lowest BCUT2D eigenvalue weighted by Crippen LogP contribution is -2.42. The Labute approximate surface area is 166 Å². The molecular weight excluding hydrogens is 391 g/mol. The highest BCUT2D eigenvalue weighted by Gasteiger charge is 2.27.